The maximum absolute atomic E-state index is 12.4. The molecule has 2 N–H and O–H groups in total. The van der Waals surface area contributed by atoms with Crippen molar-refractivity contribution in [1.82, 2.24) is 15.2 Å². The van der Waals surface area contributed by atoms with E-state index in [9.17, 15) is 13.2 Å². The zero-order valence-corrected chi connectivity index (χ0v) is 17.3. The molecule has 0 aliphatic carbocycles. The van der Waals surface area contributed by atoms with Crippen LogP contribution >= 0.6 is 23.4 Å². The molecule has 0 aliphatic heterocycles. The summed E-state index contributed by atoms with van der Waals surface area (Å²) in [5.74, 6) is 0.470. The molecule has 0 radical (unpaired) electrons. The molecule has 29 heavy (non-hydrogen) atoms. The molecule has 0 fully saturated rings. The fourth-order valence-corrected chi connectivity index (χ4v) is 4.09. The first-order chi connectivity index (χ1) is 13.9. The van der Waals surface area contributed by atoms with E-state index in [4.69, 9.17) is 11.6 Å². The predicted molar refractivity (Wildman–Crippen MR) is 113 cm³/mol. The Morgan fingerprint density at radius 3 is 2.48 bits per heavy atom. The van der Waals surface area contributed by atoms with E-state index in [1.807, 2.05) is 18.2 Å². The van der Waals surface area contributed by atoms with E-state index in [0.717, 1.165) is 5.03 Å². The molecule has 0 saturated heterocycles. The largest absolute Gasteiger partial charge is 0.326 e. The van der Waals surface area contributed by atoms with Crippen molar-refractivity contribution in [1.29, 1.82) is 0 Å². The van der Waals surface area contributed by atoms with Gasteiger partial charge in [-0.1, -0.05) is 17.7 Å². The van der Waals surface area contributed by atoms with Crippen molar-refractivity contribution < 1.29 is 13.2 Å². The average Bonchev–Trinajstić information content (AvgIpc) is 2.71. The number of amides is 1. The fraction of sp³-hybridized carbons (Fsp3) is 0.111. The number of aromatic nitrogens is 3. The standard InChI is InChI=1S/C18H16ClN5O3S2/c19-15-8-9-16(23-22-15)24-29(26,27)14-6-4-13(5-7-14)21-17(25)10-12-28-18-3-1-2-11-20-18/h1-9,11H,10,12H2,(H,21,25)(H,23,24). The van der Waals surface area contributed by atoms with E-state index in [0.29, 0.717) is 17.9 Å². The Morgan fingerprint density at radius 2 is 1.83 bits per heavy atom. The van der Waals surface area contributed by atoms with Crippen LogP contribution in [0, 0.1) is 0 Å². The SMILES string of the molecule is O=C(CCSc1ccccn1)Nc1ccc(S(=O)(=O)Nc2ccc(Cl)nn2)cc1. The third-order valence-corrected chi connectivity index (χ3v) is 6.05. The third-order valence-electron chi connectivity index (χ3n) is 3.54. The molecule has 0 spiro atoms. The monoisotopic (exact) mass is 449 g/mol. The van der Waals surface area contributed by atoms with Crippen LogP contribution in [0.3, 0.4) is 0 Å². The smallest absolute Gasteiger partial charge is 0.263 e. The summed E-state index contributed by atoms with van der Waals surface area (Å²) < 4.78 is 27.1. The quantitative estimate of drug-likeness (QED) is 0.506. The van der Waals surface area contributed by atoms with Gasteiger partial charge in [-0.3, -0.25) is 9.52 Å². The van der Waals surface area contributed by atoms with E-state index in [1.165, 1.54) is 48.2 Å². The summed E-state index contributed by atoms with van der Waals surface area (Å²) in [6.45, 7) is 0. The molecule has 8 nitrogen and oxygen atoms in total. The van der Waals surface area contributed by atoms with Gasteiger partial charge < -0.3 is 5.32 Å². The lowest BCUT2D eigenvalue weighted by atomic mass is 10.3. The summed E-state index contributed by atoms with van der Waals surface area (Å²) in [5, 5.41) is 11.0. The van der Waals surface area contributed by atoms with E-state index in [1.54, 1.807) is 6.20 Å². The van der Waals surface area contributed by atoms with Crippen molar-refractivity contribution in [2.75, 3.05) is 15.8 Å². The fourth-order valence-electron chi connectivity index (χ4n) is 2.19. The van der Waals surface area contributed by atoms with Gasteiger partial charge in [0.1, 0.15) is 0 Å². The van der Waals surface area contributed by atoms with E-state index in [-0.39, 0.29) is 21.8 Å². The minimum atomic E-state index is -3.83. The lowest BCUT2D eigenvalue weighted by molar-refractivity contribution is -0.115. The maximum Gasteiger partial charge on any atom is 0.263 e. The van der Waals surface area contributed by atoms with Crippen LogP contribution in [0.4, 0.5) is 11.5 Å². The lowest BCUT2D eigenvalue weighted by Gasteiger charge is -2.09. The number of anilines is 2. The number of sulfonamides is 1. The Kier molecular flexibility index (Phi) is 7.02. The van der Waals surface area contributed by atoms with Gasteiger partial charge in [-0.25, -0.2) is 13.4 Å². The number of benzene rings is 1. The van der Waals surface area contributed by atoms with Crippen molar-refractivity contribution >= 4 is 50.8 Å². The first-order valence-corrected chi connectivity index (χ1v) is 11.2. The Hall–Kier alpha value is -2.69. The molecule has 3 aromatic rings. The van der Waals surface area contributed by atoms with Gasteiger partial charge in [0.15, 0.2) is 11.0 Å². The minimum Gasteiger partial charge on any atom is -0.326 e. The number of carbonyl (C=O) groups is 1. The van der Waals surface area contributed by atoms with Crippen LogP contribution in [0.2, 0.25) is 5.15 Å². The molecule has 0 bridgehead atoms. The van der Waals surface area contributed by atoms with Crippen LogP contribution < -0.4 is 10.0 Å². The van der Waals surface area contributed by atoms with Crippen molar-refractivity contribution in [3.05, 3.63) is 65.9 Å². The molecule has 0 saturated carbocycles. The maximum atomic E-state index is 12.4. The summed E-state index contributed by atoms with van der Waals surface area (Å²) in [7, 11) is -3.83. The summed E-state index contributed by atoms with van der Waals surface area (Å²) in [6.07, 6.45) is 2.00. The van der Waals surface area contributed by atoms with E-state index < -0.39 is 10.0 Å². The second-order valence-corrected chi connectivity index (χ2v) is 8.87. The highest BCUT2D eigenvalue weighted by Gasteiger charge is 2.15. The van der Waals surface area contributed by atoms with Gasteiger partial charge in [-0.15, -0.1) is 22.0 Å². The van der Waals surface area contributed by atoms with Crippen molar-refractivity contribution in [3.8, 4) is 0 Å². The van der Waals surface area contributed by atoms with Crippen molar-refractivity contribution in [2.24, 2.45) is 0 Å². The number of nitrogens with one attached hydrogen (secondary N) is 2. The van der Waals surface area contributed by atoms with Crippen molar-refractivity contribution in [3.63, 3.8) is 0 Å². The van der Waals surface area contributed by atoms with Crippen LogP contribution in [-0.2, 0) is 14.8 Å². The van der Waals surface area contributed by atoms with Gasteiger partial charge in [0.2, 0.25) is 5.91 Å². The Labute approximate surface area is 177 Å². The normalized spacial score (nSPS) is 11.1. The van der Waals surface area contributed by atoms with E-state index in [2.05, 4.69) is 25.2 Å². The molecular formula is C18H16ClN5O3S2. The topological polar surface area (TPSA) is 114 Å². The Balaban J connectivity index is 1.53. The van der Waals surface area contributed by atoms with E-state index >= 15 is 0 Å². The first-order valence-electron chi connectivity index (χ1n) is 8.38. The van der Waals surface area contributed by atoms with Gasteiger partial charge in [-0.2, -0.15) is 0 Å². The number of carbonyl (C=O) groups excluding carboxylic acids is 1. The van der Waals surface area contributed by atoms with Gasteiger partial charge in [0.05, 0.1) is 9.92 Å². The predicted octanol–water partition coefficient (Wildman–Crippen LogP) is 3.45. The second-order valence-electron chi connectivity index (χ2n) is 5.69. The lowest BCUT2D eigenvalue weighted by Crippen LogP contribution is -2.15. The minimum absolute atomic E-state index is 0.0259. The van der Waals surface area contributed by atoms with Crippen LogP contribution in [0.5, 0.6) is 0 Å². The molecule has 2 heterocycles. The molecule has 11 heteroatoms. The molecular weight excluding hydrogens is 434 g/mol. The van der Waals surface area contributed by atoms with Gasteiger partial charge in [0.25, 0.3) is 10.0 Å². The average molecular weight is 450 g/mol. The van der Waals surface area contributed by atoms with Crippen LogP contribution in [-0.4, -0.2) is 35.3 Å². The number of halogens is 1. The second kappa shape index (κ2) is 9.68. The molecule has 1 aromatic carbocycles. The Bertz CT molecular complexity index is 1060. The zero-order valence-electron chi connectivity index (χ0n) is 14.9. The first kappa shape index (κ1) is 21.0. The molecule has 150 valence electrons. The molecule has 0 atom stereocenters. The molecule has 0 unspecified atom stereocenters. The summed E-state index contributed by atoms with van der Waals surface area (Å²) in [6, 6.07) is 14.3. The zero-order chi connectivity index (χ0) is 20.7. The van der Waals surface area contributed by atoms with Gasteiger partial charge >= 0.3 is 0 Å². The number of nitrogens with zero attached hydrogens (tertiary/aromatic N) is 3. The highest BCUT2D eigenvalue weighted by atomic mass is 35.5. The highest BCUT2D eigenvalue weighted by molar-refractivity contribution is 7.99. The highest BCUT2D eigenvalue weighted by Crippen LogP contribution is 2.19. The number of hydrogen-bond acceptors (Lipinski definition) is 7. The number of rotatable bonds is 8. The third kappa shape index (κ3) is 6.41. The summed E-state index contributed by atoms with van der Waals surface area (Å²) in [4.78, 5) is 16.3. The molecule has 3 rings (SSSR count). The summed E-state index contributed by atoms with van der Waals surface area (Å²) in [5.41, 5.74) is 0.503. The summed E-state index contributed by atoms with van der Waals surface area (Å²) >= 11 is 7.12. The molecule has 1 amide bonds. The van der Waals surface area contributed by atoms with Crippen LogP contribution in [0.25, 0.3) is 0 Å². The van der Waals surface area contributed by atoms with Crippen LogP contribution in [0.1, 0.15) is 6.42 Å². The van der Waals surface area contributed by atoms with Gasteiger partial charge in [0, 0.05) is 24.1 Å². The Morgan fingerprint density at radius 1 is 1.03 bits per heavy atom. The number of hydrogen-bond donors (Lipinski definition) is 2. The number of thioether (sulfide) groups is 1. The van der Waals surface area contributed by atoms with Gasteiger partial charge in [-0.05, 0) is 48.5 Å². The van der Waals surface area contributed by atoms with Crippen LogP contribution in [0.15, 0.2) is 70.7 Å². The number of pyridine rings is 1. The molecule has 0 aliphatic rings. The van der Waals surface area contributed by atoms with Crippen molar-refractivity contribution in [2.45, 2.75) is 16.3 Å². The molecule has 2 aromatic heterocycles.